The molecule has 0 unspecified atom stereocenters. The number of hydrogen-bond donors (Lipinski definition) is 0. The molecule has 0 aromatic heterocycles. The molecule has 0 spiro atoms. The summed E-state index contributed by atoms with van der Waals surface area (Å²) in [4.78, 5) is 0. The lowest BCUT2D eigenvalue weighted by atomic mass is 10.9. The van der Waals surface area contributed by atoms with Crippen molar-refractivity contribution in [2.45, 2.75) is 91.9 Å². The van der Waals surface area contributed by atoms with E-state index in [-0.39, 0.29) is 0 Å². The molecule has 0 saturated carbocycles. The van der Waals surface area contributed by atoms with Gasteiger partial charge >= 0.3 is 17.6 Å². The van der Waals surface area contributed by atoms with Gasteiger partial charge < -0.3 is 30.7 Å². The van der Waals surface area contributed by atoms with Crippen LogP contribution in [0, 0.1) is 0 Å². The van der Waals surface area contributed by atoms with Crippen LogP contribution in [-0.4, -0.2) is 73.9 Å². The second-order valence-electron chi connectivity index (χ2n) is 8.63. The first kappa shape index (κ1) is 31.6. The topological polar surface area (TPSA) is 64.6 Å². The third-order valence-corrected chi connectivity index (χ3v) is 18.8. The Kier molecular flexibility index (Phi) is 15.8. The van der Waals surface area contributed by atoms with Crippen molar-refractivity contribution in [3.05, 3.63) is 0 Å². The Morgan fingerprint density at radius 2 is 0.677 bits per heavy atom. The fraction of sp³-hybridized carbons (Fsp3) is 1.00. The zero-order valence-corrected chi connectivity index (χ0v) is 25.9. The van der Waals surface area contributed by atoms with E-state index in [9.17, 15) is 0 Å². The summed E-state index contributed by atoms with van der Waals surface area (Å²) in [5, 5.41) is 0. The molecule has 31 heavy (non-hydrogen) atoms. The van der Waals surface area contributed by atoms with Crippen molar-refractivity contribution in [1.82, 2.24) is 0 Å². The molecule has 0 aromatic carbocycles. The van der Waals surface area contributed by atoms with E-state index < -0.39 is 34.2 Å². The predicted molar refractivity (Wildman–Crippen MR) is 137 cm³/mol. The Balaban J connectivity index is 5.65. The largest absolute Gasteiger partial charge is 0.500 e. The maximum Gasteiger partial charge on any atom is 0.500 e. The smallest absolute Gasteiger partial charge is 0.456 e. The zero-order chi connectivity index (χ0) is 24.0. The minimum Gasteiger partial charge on any atom is -0.456 e. The van der Waals surface area contributed by atoms with Crippen LogP contribution in [0.5, 0.6) is 0 Å². The first-order chi connectivity index (χ1) is 14.5. The van der Waals surface area contributed by atoms with Crippen LogP contribution in [-0.2, 0) is 30.7 Å². The lowest BCUT2D eigenvalue weighted by molar-refractivity contribution is 0.0722. The zero-order valence-electron chi connectivity index (χ0n) is 21.9. The summed E-state index contributed by atoms with van der Waals surface area (Å²) in [6, 6.07) is 3.42. The first-order valence-corrected chi connectivity index (χ1v) is 22.1. The SMILES string of the molecule is CCO[Si](CC[Si](C)(CC[Si](OCC)(OCC)OCC)O[Si](C)(C)C)(OCC)OCC. The molecule has 0 radical (unpaired) electrons. The highest BCUT2D eigenvalue weighted by Gasteiger charge is 2.48. The summed E-state index contributed by atoms with van der Waals surface area (Å²) in [6.45, 7) is 24.7. The number of hydrogen-bond acceptors (Lipinski definition) is 7. The number of rotatable bonds is 20. The van der Waals surface area contributed by atoms with Crippen molar-refractivity contribution in [2.75, 3.05) is 39.6 Å². The molecule has 0 amide bonds. The third-order valence-electron chi connectivity index (χ3n) is 4.66. The van der Waals surface area contributed by atoms with Crippen molar-refractivity contribution in [3.8, 4) is 0 Å². The van der Waals surface area contributed by atoms with Crippen LogP contribution in [0.25, 0.3) is 0 Å². The maximum atomic E-state index is 6.87. The molecule has 0 aromatic rings. The van der Waals surface area contributed by atoms with E-state index in [4.69, 9.17) is 30.7 Å². The summed E-state index contributed by atoms with van der Waals surface area (Å²) in [6.07, 6.45) is 0. The highest BCUT2D eigenvalue weighted by Crippen LogP contribution is 2.33. The summed E-state index contributed by atoms with van der Waals surface area (Å²) in [7, 11) is -9.30. The molecule has 0 bridgehead atoms. The molecule has 188 valence electrons. The Morgan fingerprint density at radius 1 is 0.419 bits per heavy atom. The van der Waals surface area contributed by atoms with Gasteiger partial charge in [0, 0.05) is 51.7 Å². The fourth-order valence-electron chi connectivity index (χ4n) is 3.80. The molecule has 0 rings (SSSR count). The molecule has 11 heteroatoms. The Labute approximate surface area is 196 Å². The van der Waals surface area contributed by atoms with Crippen molar-refractivity contribution < 1.29 is 30.7 Å². The normalized spacial score (nSPS) is 13.7. The van der Waals surface area contributed by atoms with Crippen LogP contribution >= 0.6 is 0 Å². The Bertz CT molecular complexity index is 399. The van der Waals surface area contributed by atoms with Gasteiger partial charge in [-0.15, -0.1) is 0 Å². The second kappa shape index (κ2) is 15.5. The average molecular weight is 515 g/mol. The van der Waals surface area contributed by atoms with Crippen LogP contribution < -0.4 is 0 Å². The van der Waals surface area contributed by atoms with E-state index in [1.165, 1.54) is 0 Å². The highest BCUT2D eigenvalue weighted by atomic mass is 28.4. The summed E-state index contributed by atoms with van der Waals surface area (Å²) in [5.74, 6) is 0. The van der Waals surface area contributed by atoms with E-state index in [1.54, 1.807) is 0 Å². The monoisotopic (exact) mass is 514 g/mol. The van der Waals surface area contributed by atoms with Gasteiger partial charge in [0.2, 0.25) is 0 Å². The van der Waals surface area contributed by atoms with Crippen LogP contribution in [0.4, 0.5) is 0 Å². The molecule has 0 N–H and O–H groups in total. The average Bonchev–Trinajstić information content (AvgIpc) is 2.65. The Hall–Kier alpha value is 0.588. The maximum absolute atomic E-state index is 6.87. The lowest BCUT2D eigenvalue weighted by Gasteiger charge is -2.39. The van der Waals surface area contributed by atoms with Gasteiger partial charge in [-0.2, -0.15) is 0 Å². The van der Waals surface area contributed by atoms with Gasteiger partial charge in [-0.25, -0.2) is 0 Å². The van der Waals surface area contributed by atoms with Crippen LogP contribution in [0.3, 0.4) is 0 Å². The second-order valence-corrected chi connectivity index (χ2v) is 23.0. The molecule has 0 heterocycles. The molecular weight excluding hydrogens is 465 g/mol. The fourth-order valence-corrected chi connectivity index (χ4v) is 21.5. The van der Waals surface area contributed by atoms with E-state index in [0.29, 0.717) is 39.6 Å². The molecule has 0 atom stereocenters. The molecule has 7 nitrogen and oxygen atoms in total. The van der Waals surface area contributed by atoms with E-state index >= 15 is 0 Å². The van der Waals surface area contributed by atoms with E-state index in [0.717, 1.165) is 24.2 Å². The third kappa shape index (κ3) is 12.6. The molecule has 0 aliphatic heterocycles. The van der Waals surface area contributed by atoms with Gasteiger partial charge in [0.1, 0.15) is 0 Å². The molecular formula is C20H50O7Si4. The van der Waals surface area contributed by atoms with E-state index in [1.807, 2.05) is 41.5 Å². The highest BCUT2D eigenvalue weighted by molar-refractivity contribution is 6.86. The lowest BCUT2D eigenvalue weighted by Crippen LogP contribution is -2.52. The molecule has 0 aliphatic carbocycles. The van der Waals surface area contributed by atoms with Crippen molar-refractivity contribution in [3.63, 3.8) is 0 Å². The molecule has 0 saturated heterocycles. The van der Waals surface area contributed by atoms with Gasteiger partial charge in [0.05, 0.1) is 0 Å². The van der Waals surface area contributed by atoms with Crippen LogP contribution in [0.2, 0.25) is 50.4 Å². The van der Waals surface area contributed by atoms with E-state index in [2.05, 4.69) is 26.2 Å². The van der Waals surface area contributed by atoms with Crippen molar-refractivity contribution >= 4 is 34.2 Å². The Morgan fingerprint density at radius 3 is 0.871 bits per heavy atom. The standard InChI is InChI=1S/C20H50O7Si4/c1-11-21-30(22-12-2,23-13-3)19-17-29(10,27-28(7,8)9)18-20-31(24-14-4,25-15-5)26-16-6/h11-20H2,1-10H3. The van der Waals surface area contributed by atoms with Crippen LogP contribution in [0.1, 0.15) is 41.5 Å². The predicted octanol–water partition coefficient (Wildman–Crippen LogP) is 5.51. The summed E-state index contributed by atoms with van der Waals surface area (Å²) in [5.41, 5.74) is 0. The molecule has 0 fully saturated rings. The molecule has 0 aliphatic rings. The minimum atomic E-state index is -2.71. The van der Waals surface area contributed by atoms with Crippen molar-refractivity contribution in [1.29, 1.82) is 0 Å². The quantitative estimate of drug-likeness (QED) is 0.198. The van der Waals surface area contributed by atoms with Gasteiger partial charge in [0.15, 0.2) is 16.6 Å². The van der Waals surface area contributed by atoms with Gasteiger partial charge in [-0.3, -0.25) is 0 Å². The minimum absolute atomic E-state index is 0.592. The summed E-state index contributed by atoms with van der Waals surface area (Å²) < 4.78 is 43.5. The van der Waals surface area contributed by atoms with Gasteiger partial charge in [0.25, 0.3) is 0 Å². The van der Waals surface area contributed by atoms with Gasteiger partial charge in [-0.1, -0.05) is 0 Å². The van der Waals surface area contributed by atoms with Crippen molar-refractivity contribution in [2.24, 2.45) is 0 Å². The summed E-state index contributed by atoms with van der Waals surface area (Å²) >= 11 is 0. The van der Waals surface area contributed by atoms with Crippen LogP contribution in [0.15, 0.2) is 0 Å². The van der Waals surface area contributed by atoms with Gasteiger partial charge in [-0.05, 0) is 79.8 Å². The first-order valence-electron chi connectivity index (χ1n) is 12.0.